The van der Waals surface area contributed by atoms with Crippen molar-refractivity contribution in [2.75, 3.05) is 19.8 Å². The van der Waals surface area contributed by atoms with Gasteiger partial charge >= 0.3 is 0 Å². The van der Waals surface area contributed by atoms with E-state index in [4.69, 9.17) is 13.9 Å². The highest BCUT2D eigenvalue weighted by molar-refractivity contribution is 6.07. The third-order valence-corrected chi connectivity index (χ3v) is 4.80. The summed E-state index contributed by atoms with van der Waals surface area (Å²) in [6.45, 7) is 4.00. The normalized spacial score (nSPS) is 18.7. The minimum Gasteiger partial charge on any atom is -0.493 e. The molecule has 1 aliphatic carbocycles. The Morgan fingerprint density at radius 3 is 2.79 bits per heavy atom. The van der Waals surface area contributed by atoms with Gasteiger partial charge in [0.1, 0.15) is 17.1 Å². The fourth-order valence-electron chi connectivity index (χ4n) is 3.17. The summed E-state index contributed by atoms with van der Waals surface area (Å²) in [5.41, 5.74) is 1.34. The third-order valence-electron chi connectivity index (χ3n) is 4.80. The summed E-state index contributed by atoms with van der Waals surface area (Å²) in [5.74, 6) is 2.07. The number of fused-ring (bicyclic) bond motifs is 1. The molecule has 2 heterocycles. The van der Waals surface area contributed by atoms with E-state index in [1.54, 1.807) is 0 Å². The lowest BCUT2D eigenvalue weighted by atomic mass is 10.1. The number of amides is 1. The van der Waals surface area contributed by atoms with Gasteiger partial charge < -0.3 is 19.2 Å². The van der Waals surface area contributed by atoms with Crippen LogP contribution in [0.25, 0.3) is 11.0 Å². The molecular formula is C19H23NO4. The van der Waals surface area contributed by atoms with Crippen molar-refractivity contribution in [2.45, 2.75) is 38.6 Å². The van der Waals surface area contributed by atoms with Crippen LogP contribution in [0.3, 0.4) is 0 Å². The number of benzene rings is 1. The number of hydrogen-bond acceptors (Lipinski definition) is 4. The van der Waals surface area contributed by atoms with E-state index in [0.717, 1.165) is 36.2 Å². The Labute approximate surface area is 141 Å². The van der Waals surface area contributed by atoms with Gasteiger partial charge in [-0.25, -0.2) is 0 Å². The molecule has 1 aliphatic heterocycles. The molecule has 2 aliphatic rings. The lowest BCUT2D eigenvalue weighted by Gasteiger charge is -2.23. The maximum atomic E-state index is 12.7. The number of furan rings is 1. The van der Waals surface area contributed by atoms with Gasteiger partial charge in [-0.05, 0) is 56.7 Å². The molecule has 24 heavy (non-hydrogen) atoms. The monoisotopic (exact) mass is 329 g/mol. The van der Waals surface area contributed by atoms with E-state index < -0.39 is 0 Å². The molecule has 5 nitrogen and oxygen atoms in total. The zero-order chi connectivity index (χ0) is 16.5. The van der Waals surface area contributed by atoms with Crippen LogP contribution in [0.2, 0.25) is 0 Å². The minimum absolute atomic E-state index is 0.0718. The Morgan fingerprint density at radius 1 is 1.25 bits per heavy atom. The number of nitrogens with one attached hydrogen (secondary N) is 1. The summed E-state index contributed by atoms with van der Waals surface area (Å²) >= 11 is 0. The van der Waals surface area contributed by atoms with Crippen LogP contribution in [-0.4, -0.2) is 31.8 Å². The maximum Gasteiger partial charge on any atom is 0.255 e. The van der Waals surface area contributed by atoms with E-state index in [1.807, 2.05) is 25.1 Å². The Morgan fingerprint density at radius 2 is 2.04 bits per heavy atom. The van der Waals surface area contributed by atoms with E-state index in [2.05, 4.69) is 5.32 Å². The Bertz CT molecular complexity index is 741. The van der Waals surface area contributed by atoms with Crippen LogP contribution in [0.1, 0.15) is 41.8 Å². The molecule has 1 aromatic carbocycles. The molecular weight excluding hydrogens is 306 g/mol. The number of ether oxygens (including phenoxy) is 2. The number of carbonyl (C=O) groups is 1. The average Bonchev–Trinajstić information content (AvgIpc) is 3.35. The van der Waals surface area contributed by atoms with Gasteiger partial charge in [0, 0.05) is 24.6 Å². The molecule has 128 valence electrons. The van der Waals surface area contributed by atoms with E-state index >= 15 is 0 Å². The van der Waals surface area contributed by atoms with Gasteiger partial charge in [-0.1, -0.05) is 0 Å². The molecule has 5 heteroatoms. The summed E-state index contributed by atoms with van der Waals surface area (Å²) in [6, 6.07) is 5.89. The van der Waals surface area contributed by atoms with Crippen molar-refractivity contribution in [3.05, 3.63) is 29.5 Å². The van der Waals surface area contributed by atoms with Crippen LogP contribution in [0.5, 0.6) is 5.75 Å². The van der Waals surface area contributed by atoms with Crippen LogP contribution < -0.4 is 10.1 Å². The molecule has 0 unspecified atom stereocenters. The number of aryl methyl sites for hydroxylation is 1. The summed E-state index contributed by atoms with van der Waals surface area (Å²) in [7, 11) is 0. The minimum atomic E-state index is -0.0718. The van der Waals surface area contributed by atoms with E-state index in [9.17, 15) is 4.79 Å². The molecule has 2 aromatic rings. The van der Waals surface area contributed by atoms with Gasteiger partial charge in [-0.3, -0.25) is 4.79 Å². The lowest BCUT2D eigenvalue weighted by Crippen LogP contribution is -2.39. The van der Waals surface area contributed by atoms with Gasteiger partial charge in [0.25, 0.3) is 5.91 Å². The Hall–Kier alpha value is -2.01. The lowest BCUT2D eigenvalue weighted by molar-refractivity contribution is 0.0696. The fourth-order valence-corrected chi connectivity index (χ4v) is 3.17. The van der Waals surface area contributed by atoms with E-state index in [-0.39, 0.29) is 11.9 Å². The average molecular weight is 329 g/mol. The second kappa shape index (κ2) is 6.48. The molecule has 1 amide bonds. The fraction of sp³-hybridized carbons (Fsp3) is 0.526. The first-order valence-corrected chi connectivity index (χ1v) is 8.75. The van der Waals surface area contributed by atoms with Crippen LogP contribution in [-0.2, 0) is 4.74 Å². The number of hydrogen-bond donors (Lipinski definition) is 1. The van der Waals surface area contributed by atoms with Crippen molar-refractivity contribution < 1.29 is 18.7 Å². The van der Waals surface area contributed by atoms with Crippen molar-refractivity contribution in [2.24, 2.45) is 5.92 Å². The molecule has 1 saturated heterocycles. The first-order valence-electron chi connectivity index (χ1n) is 8.75. The van der Waals surface area contributed by atoms with Crippen LogP contribution in [0.4, 0.5) is 0 Å². The standard InChI is InChI=1S/C19H23NO4/c1-12-18(19(21)20-14-6-8-22-9-7-14)16-10-15(4-5-17(16)24-12)23-11-13-2-3-13/h4-5,10,13-14H,2-3,6-9,11H2,1H3,(H,20,21). The molecule has 0 radical (unpaired) electrons. The number of carbonyl (C=O) groups excluding carboxylic acids is 1. The molecule has 1 N–H and O–H groups in total. The summed E-state index contributed by atoms with van der Waals surface area (Å²) in [4.78, 5) is 12.7. The Kier molecular flexibility index (Phi) is 4.19. The quantitative estimate of drug-likeness (QED) is 0.913. The van der Waals surface area contributed by atoms with Crippen molar-refractivity contribution in [3.63, 3.8) is 0 Å². The first kappa shape index (κ1) is 15.5. The Balaban J connectivity index is 1.56. The van der Waals surface area contributed by atoms with E-state index in [1.165, 1.54) is 12.8 Å². The predicted molar refractivity (Wildman–Crippen MR) is 90.5 cm³/mol. The van der Waals surface area contributed by atoms with Gasteiger partial charge in [0.05, 0.1) is 12.2 Å². The molecule has 1 aromatic heterocycles. The van der Waals surface area contributed by atoms with Gasteiger partial charge in [0.2, 0.25) is 0 Å². The zero-order valence-electron chi connectivity index (χ0n) is 14.0. The molecule has 0 bridgehead atoms. The maximum absolute atomic E-state index is 12.7. The SMILES string of the molecule is Cc1oc2ccc(OCC3CC3)cc2c1C(=O)NC1CCOCC1. The van der Waals surface area contributed by atoms with Gasteiger partial charge in [-0.15, -0.1) is 0 Å². The van der Waals surface area contributed by atoms with Crippen molar-refractivity contribution in [1.82, 2.24) is 5.32 Å². The molecule has 0 spiro atoms. The summed E-state index contributed by atoms with van der Waals surface area (Å²) < 4.78 is 16.9. The topological polar surface area (TPSA) is 60.7 Å². The van der Waals surface area contributed by atoms with Crippen molar-refractivity contribution in [3.8, 4) is 5.75 Å². The van der Waals surface area contributed by atoms with Crippen LogP contribution in [0, 0.1) is 12.8 Å². The molecule has 2 fully saturated rings. The van der Waals surface area contributed by atoms with Gasteiger partial charge in [0.15, 0.2) is 0 Å². The third kappa shape index (κ3) is 3.26. The smallest absolute Gasteiger partial charge is 0.255 e. The molecule has 4 rings (SSSR count). The largest absolute Gasteiger partial charge is 0.493 e. The number of rotatable bonds is 5. The van der Waals surface area contributed by atoms with Gasteiger partial charge in [-0.2, -0.15) is 0 Å². The highest BCUT2D eigenvalue weighted by Crippen LogP contribution is 2.32. The second-order valence-corrected chi connectivity index (χ2v) is 6.81. The van der Waals surface area contributed by atoms with Crippen LogP contribution >= 0.6 is 0 Å². The van der Waals surface area contributed by atoms with Crippen LogP contribution in [0.15, 0.2) is 22.6 Å². The zero-order valence-corrected chi connectivity index (χ0v) is 14.0. The van der Waals surface area contributed by atoms with Crippen molar-refractivity contribution >= 4 is 16.9 Å². The first-order chi connectivity index (χ1) is 11.7. The summed E-state index contributed by atoms with van der Waals surface area (Å²) in [6.07, 6.45) is 4.23. The highest BCUT2D eigenvalue weighted by atomic mass is 16.5. The summed E-state index contributed by atoms with van der Waals surface area (Å²) in [5, 5.41) is 3.94. The second-order valence-electron chi connectivity index (χ2n) is 6.81. The van der Waals surface area contributed by atoms with Crippen molar-refractivity contribution in [1.29, 1.82) is 0 Å². The predicted octanol–water partition coefficient (Wildman–Crippen LogP) is 3.44. The van der Waals surface area contributed by atoms with E-state index in [0.29, 0.717) is 30.5 Å². The highest BCUT2D eigenvalue weighted by Gasteiger charge is 2.24. The molecule has 1 saturated carbocycles. The molecule has 0 atom stereocenters.